The summed E-state index contributed by atoms with van der Waals surface area (Å²) in [5, 5.41) is 10.5. The molecule has 0 aromatic carbocycles. The van der Waals surface area contributed by atoms with E-state index >= 15 is 0 Å². The summed E-state index contributed by atoms with van der Waals surface area (Å²) < 4.78 is 5.21. The number of aliphatic hydroxyl groups excluding tert-OH is 1. The van der Waals surface area contributed by atoms with Crippen molar-refractivity contribution >= 4 is 0 Å². The lowest BCUT2D eigenvalue weighted by atomic mass is 9.49. The summed E-state index contributed by atoms with van der Waals surface area (Å²) in [6.07, 6.45) is 10.1. The third-order valence-corrected chi connectivity index (χ3v) is 6.72. The van der Waals surface area contributed by atoms with E-state index in [1.807, 2.05) is 6.26 Å². The molecule has 2 nitrogen and oxygen atoms in total. The van der Waals surface area contributed by atoms with E-state index in [0.29, 0.717) is 5.92 Å². The fraction of sp³-hybridized carbons (Fsp3) is 0.700. The Hall–Kier alpha value is -1.02. The molecule has 1 fully saturated rings. The molecule has 1 heterocycles. The number of rotatable bonds is 3. The maximum atomic E-state index is 10.5. The minimum absolute atomic E-state index is 0.0224. The largest absolute Gasteiger partial charge is 0.472 e. The van der Waals surface area contributed by atoms with Crippen LogP contribution in [0.1, 0.15) is 65.4 Å². The molecule has 0 amide bonds. The molecule has 3 atom stereocenters. The van der Waals surface area contributed by atoms with Crippen molar-refractivity contribution in [3.05, 3.63) is 35.3 Å². The van der Waals surface area contributed by atoms with Crippen molar-refractivity contribution in [2.24, 2.45) is 16.7 Å². The number of aliphatic hydroxyl groups is 1. The first kappa shape index (κ1) is 15.9. The lowest BCUT2D eigenvalue weighted by Gasteiger charge is -2.57. The van der Waals surface area contributed by atoms with Gasteiger partial charge in [-0.1, -0.05) is 31.9 Å². The Labute approximate surface area is 134 Å². The van der Waals surface area contributed by atoms with Crippen LogP contribution in [0.5, 0.6) is 0 Å². The molecule has 1 saturated carbocycles. The Morgan fingerprint density at radius 2 is 2.00 bits per heavy atom. The van der Waals surface area contributed by atoms with Crippen LogP contribution in [0.4, 0.5) is 0 Å². The van der Waals surface area contributed by atoms with Gasteiger partial charge in [-0.15, -0.1) is 0 Å². The Balaban J connectivity index is 1.87. The molecular weight excluding hydrogens is 272 g/mol. The highest BCUT2D eigenvalue weighted by Crippen LogP contribution is 2.60. The first-order valence-corrected chi connectivity index (χ1v) is 8.74. The molecule has 22 heavy (non-hydrogen) atoms. The minimum Gasteiger partial charge on any atom is -0.472 e. The van der Waals surface area contributed by atoms with E-state index in [-0.39, 0.29) is 16.9 Å². The molecule has 0 spiro atoms. The fourth-order valence-electron chi connectivity index (χ4n) is 5.29. The van der Waals surface area contributed by atoms with Crippen molar-refractivity contribution < 1.29 is 9.52 Å². The second kappa shape index (κ2) is 5.56. The highest BCUT2D eigenvalue weighted by Gasteiger charge is 2.53. The van der Waals surface area contributed by atoms with E-state index in [9.17, 15) is 5.11 Å². The normalized spacial score (nSPS) is 34.6. The molecule has 2 aliphatic rings. The number of aryl methyl sites for hydroxylation is 1. The Bertz CT molecular complexity index is 552. The van der Waals surface area contributed by atoms with Crippen LogP contribution in [0.25, 0.3) is 0 Å². The number of hydrogen-bond acceptors (Lipinski definition) is 2. The van der Waals surface area contributed by atoms with Gasteiger partial charge in [0.05, 0.1) is 18.6 Å². The standard InChI is InChI=1S/C20H30O2/c1-14-5-8-17-19(2,3)18(21)9-11-20(17,4)16(14)7-6-15-10-12-22-13-15/h10,12-13,17-18,21H,5-9,11H2,1-4H3/t17-,18-,20+/m0/s1. The Morgan fingerprint density at radius 3 is 2.68 bits per heavy atom. The zero-order chi connectivity index (χ0) is 16.0. The monoisotopic (exact) mass is 302 g/mol. The summed E-state index contributed by atoms with van der Waals surface area (Å²) in [4.78, 5) is 0. The van der Waals surface area contributed by atoms with Gasteiger partial charge in [0.15, 0.2) is 0 Å². The molecule has 1 N–H and O–H groups in total. The SMILES string of the molecule is CC1=C(CCc2ccoc2)[C@@]2(C)CC[C@H](O)C(C)(C)[C@@H]2CC1. The van der Waals surface area contributed by atoms with Crippen molar-refractivity contribution in [3.63, 3.8) is 0 Å². The van der Waals surface area contributed by atoms with Gasteiger partial charge in [-0.3, -0.25) is 0 Å². The van der Waals surface area contributed by atoms with Gasteiger partial charge in [-0.25, -0.2) is 0 Å². The maximum absolute atomic E-state index is 10.5. The highest BCUT2D eigenvalue weighted by molar-refractivity contribution is 5.29. The van der Waals surface area contributed by atoms with E-state index in [2.05, 4.69) is 33.8 Å². The highest BCUT2D eigenvalue weighted by atomic mass is 16.3. The summed E-state index contributed by atoms with van der Waals surface area (Å²) >= 11 is 0. The third kappa shape index (κ3) is 2.46. The molecule has 1 aromatic rings. The van der Waals surface area contributed by atoms with E-state index < -0.39 is 0 Å². The summed E-state index contributed by atoms with van der Waals surface area (Å²) in [6.45, 7) is 9.32. The van der Waals surface area contributed by atoms with Gasteiger partial charge < -0.3 is 9.52 Å². The predicted molar refractivity (Wildman–Crippen MR) is 89.6 cm³/mol. The van der Waals surface area contributed by atoms with E-state index in [4.69, 9.17) is 4.42 Å². The zero-order valence-corrected chi connectivity index (χ0v) is 14.5. The second-order valence-electron chi connectivity index (χ2n) is 8.28. The topological polar surface area (TPSA) is 33.4 Å². The molecule has 0 aliphatic heterocycles. The zero-order valence-electron chi connectivity index (χ0n) is 14.5. The van der Waals surface area contributed by atoms with Crippen LogP contribution in [0.15, 0.2) is 34.2 Å². The first-order valence-electron chi connectivity index (χ1n) is 8.74. The lowest BCUT2D eigenvalue weighted by molar-refractivity contribution is -0.0892. The number of allylic oxidation sites excluding steroid dienone is 2. The molecule has 0 unspecified atom stereocenters. The summed E-state index contributed by atoms with van der Waals surface area (Å²) in [5.74, 6) is 0.590. The smallest absolute Gasteiger partial charge is 0.0934 e. The van der Waals surface area contributed by atoms with Gasteiger partial charge in [0, 0.05) is 0 Å². The average Bonchev–Trinajstić information content (AvgIpc) is 2.96. The van der Waals surface area contributed by atoms with Crippen molar-refractivity contribution in [2.75, 3.05) is 0 Å². The van der Waals surface area contributed by atoms with Gasteiger partial charge >= 0.3 is 0 Å². The van der Waals surface area contributed by atoms with Gasteiger partial charge in [-0.05, 0) is 73.8 Å². The van der Waals surface area contributed by atoms with Crippen LogP contribution in [0.2, 0.25) is 0 Å². The molecule has 0 radical (unpaired) electrons. The molecular formula is C20H30O2. The lowest BCUT2D eigenvalue weighted by Crippen LogP contribution is -2.52. The fourth-order valence-corrected chi connectivity index (χ4v) is 5.29. The number of furan rings is 1. The van der Waals surface area contributed by atoms with E-state index in [1.54, 1.807) is 17.4 Å². The number of hydrogen-bond donors (Lipinski definition) is 1. The van der Waals surface area contributed by atoms with E-state index in [0.717, 1.165) is 25.7 Å². The summed E-state index contributed by atoms with van der Waals surface area (Å²) in [6, 6.07) is 2.08. The molecule has 0 saturated heterocycles. The van der Waals surface area contributed by atoms with Crippen molar-refractivity contribution in [1.29, 1.82) is 0 Å². The molecule has 1 aromatic heterocycles. The molecule has 122 valence electrons. The van der Waals surface area contributed by atoms with Gasteiger partial charge in [0.25, 0.3) is 0 Å². The van der Waals surface area contributed by atoms with Crippen LogP contribution >= 0.6 is 0 Å². The molecule has 0 bridgehead atoms. The average molecular weight is 302 g/mol. The van der Waals surface area contributed by atoms with Gasteiger partial charge in [-0.2, -0.15) is 0 Å². The Morgan fingerprint density at radius 1 is 1.23 bits per heavy atom. The van der Waals surface area contributed by atoms with Crippen molar-refractivity contribution in [1.82, 2.24) is 0 Å². The molecule has 2 heteroatoms. The predicted octanol–water partition coefficient (Wildman–Crippen LogP) is 5.13. The molecule has 3 rings (SSSR count). The van der Waals surface area contributed by atoms with Crippen LogP contribution in [0, 0.1) is 16.7 Å². The van der Waals surface area contributed by atoms with Gasteiger partial charge in [0.2, 0.25) is 0 Å². The van der Waals surface area contributed by atoms with Crippen LogP contribution in [-0.2, 0) is 6.42 Å². The maximum Gasteiger partial charge on any atom is 0.0934 e. The van der Waals surface area contributed by atoms with Crippen LogP contribution < -0.4 is 0 Å². The number of fused-ring (bicyclic) bond motifs is 1. The quantitative estimate of drug-likeness (QED) is 0.786. The van der Waals surface area contributed by atoms with Gasteiger partial charge in [0.1, 0.15) is 0 Å². The molecule has 2 aliphatic carbocycles. The minimum atomic E-state index is -0.154. The Kier molecular flexibility index (Phi) is 4.01. The summed E-state index contributed by atoms with van der Waals surface area (Å²) in [5.41, 5.74) is 4.82. The summed E-state index contributed by atoms with van der Waals surface area (Å²) in [7, 11) is 0. The first-order chi connectivity index (χ1) is 10.4. The van der Waals surface area contributed by atoms with Crippen LogP contribution in [-0.4, -0.2) is 11.2 Å². The van der Waals surface area contributed by atoms with Crippen molar-refractivity contribution in [3.8, 4) is 0 Å². The third-order valence-electron chi connectivity index (χ3n) is 6.72. The van der Waals surface area contributed by atoms with E-state index in [1.165, 1.54) is 18.4 Å². The van der Waals surface area contributed by atoms with Crippen LogP contribution in [0.3, 0.4) is 0 Å². The second-order valence-corrected chi connectivity index (χ2v) is 8.28. The van der Waals surface area contributed by atoms with Crippen molar-refractivity contribution in [2.45, 2.75) is 72.3 Å².